The lowest BCUT2D eigenvalue weighted by Crippen LogP contribution is -2.50. The van der Waals surface area contributed by atoms with Crippen LogP contribution in [0.15, 0.2) is 0 Å². The van der Waals surface area contributed by atoms with E-state index in [0.717, 1.165) is 6.42 Å². The highest BCUT2D eigenvalue weighted by Gasteiger charge is 2.61. The Morgan fingerprint density at radius 1 is 1.08 bits per heavy atom. The van der Waals surface area contributed by atoms with Crippen molar-refractivity contribution in [1.29, 1.82) is 0 Å². The highest BCUT2D eigenvalue weighted by Crippen LogP contribution is 2.49. The van der Waals surface area contributed by atoms with Crippen molar-refractivity contribution < 1.29 is 14.7 Å². The smallest absolute Gasteiger partial charge is 0.233 e. The Labute approximate surface area is 75.5 Å². The highest BCUT2D eigenvalue weighted by molar-refractivity contribution is 6.09. The van der Waals surface area contributed by atoms with Crippen LogP contribution in [0, 0.1) is 11.8 Å². The van der Waals surface area contributed by atoms with Gasteiger partial charge in [0.2, 0.25) is 11.8 Å². The fourth-order valence-electron chi connectivity index (χ4n) is 2.34. The van der Waals surface area contributed by atoms with Gasteiger partial charge in [-0.1, -0.05) is 0 Å². The molecule has 70 valence electrons. The molecule has 3 fully saturated rings. The molecule has 1 N–H and O–H groups in total. The minimum atomic E-state index is -0.303. The predicted octanol–water partition coefficient (Wildman–Crippen LogP) is -0.485. The van der Waals surface area contributed by atoms with Gasteiger partial charge in [0.25, 0.3) is 0 Å². The summed E-state index contributed by atoms with van der Waals surface area (Å²) in [5, 5.41) is 9.08. The monoisotopic (exact) mass is 181 g/mol. The number of carbonyl (C=O) groups is 2. The van der Waals surface area contributed by atoms with E-state index in [1.807, 2.05) is 0 Å². The molecule has 0 spiro atoms. The van der Waals surface area contributed by atoms with Crippen molar-refractivity contribution in [3.8, 4) is 0 Å². The van der Waals surface area contributed by atoms with Gasteiger partial charge in [0.05, 0.1) is 17.9 Å². The molecule has 4 nitrogen and oxygen atoms in total. The lowest BCUT2D eigenvalue weighted by Gasteiger charge is -2.37. The van der Waals surface area contributed by atoms with E-state index in [2.05, 4.69) is 0 Å². The minimum Gasteiger partial charge on any atom is -0.393 e. The van der Waals surface area contributed by atoms with Crippen LogP contribution in [0.3, 0.4) is 0 Å². The van der Waals surface area contributed by atoms with E-state index in [0.29, 0.717) is 12.8 Å². The maximum atomic E-state index is 11.5. The van der Waals surface area contributed by atoms with Crippen LogP contribution < -0.4 is 0 Å². The minimum absolute atomic E-state index is 0.00259. The van der Waals surface area contributed by atoms with Crippen LogP contribution >= 0.6 is 0 Å². The van der Waals surface area contributed by atoms with Crippen LogP contribution in [0.25, 0.3) is 0 Å². The molecule has 13 heavy (non-hydrogen) atoms. The standard InChI is InChI=1S/C9H11NO3/c11-5-1-4(2-5)10-8(12)6-3-7(6)9(10)13/h4-7,11H,1-3H2. The van der Waals surface area contributed by atoms with Gasteiger partial charge in [0.1, 0.15) is 0 Å². The zero-order valence-electron chi connectivity index (χ0n) is 7.14. The fourth-order valence-corrected chi connectivity index (χ4v) is 2.34. The van der Waals surface area contributed by atoms with Gasteiger partial charge in [-0.3, -0.25) is 14.5 Å². The van der Waals surface area contributed by atoms with Gasteiger partial charge in [0.15, 0.2) is 0 Å². The van der Waals surface area contributed by atoms with Crippen molar-refractivity contribution in [2.24, 2.45) is 11.8 Å². The van der Waals surface area contributed by atoms with E-state index in [-0.39, 0.29) is 35.8 Å². The number of carbonyl (C=O) groups excluding carboxylic acids is 2. The summed E-state index contributed by atoms with van der Waals surface area (Å²) in [4.78, 5) is 24.4. The second-order valence-electron chi connectivity index (χ2n) is 4.27. The normalized spacial score (nSPS) is 47.6. The molecule has 4 heteroatoms. The number of amides is 2. The number of aliphatic hydroxyl groups excluding tert-OH is 1. The number of likely N-dealkylation sites (tertiary alicyclic amines) is 1. The molecule has 2 atom stereocenters. The summed E-state index contributed by atoms with van der Waals surface area (Å²) in [7, 11) is 0. The van der Waals surface area contributed by atoms with Crippen molar-refractivity contribution >= 4 is 11.8 Å². The number of nitrogens with zero attached hydrogens (tertiary/aromatic N) is 1. The average molecular weight is 181 g/mol. The number of rotatable bonds is 1. The quantitative estimate of drug-likeness (QED) is 0.555. The first-order chi connectivity index (χ1) is 6.18. The molecule has 0 aromatic rings. The number of aliphatic hydroxyl groups is 1. The van der Waals surface area contributed by atoms with Crippen LogP contribution in [0.1, 0.15) is 19.3 Å². The third-order valence-electron chi connectivity index (χ3n) is 3.35. The third kappa shape index (κ3) is 0.839. The van der Waals surface area contributed by atoms with Crippen LogP contribution in [-0.2, 0) is 9.59 Å². The summed E-state index contributed by atoms with van der Waals surface area (Å²) in [6.45, 7) is 0. The van der Waals surface area contributed by atoms with Crippen LogP contribution in [0.4, 0.5) is 0 Å². The highest BCUT2D eigenvalue weighted by atomic mass is 16.3. The second-order valence-corrected chi connectivity index (χ2v) is 4.27. The summed E-state index contributed by atoms with van der Waals surface area (Å²) >= 11 is 0. The molecule has 0 aromatic heterocycles. The fraction of sp³-hybridized carbons (Fsp3) is 0.778. The van der Waals surface area contributed by atoms with Gasteiger partial charge in [-0.2, -0.15) is 0 Å². The lowest BCUT2D eigenvalue weighted by atomic mass is 9.88. The van der Waals surface area contributed by atoms with Gasteiger partial charge >= 0.3 is 0 Å². The van der Waals surface area contributed by atoms with Crippen molar-refractivity contribution in [1.82, 2.24) is 4.90 Å². The zero-order valence-corrected chi connectivity index (χ0v) is 7.14. The topological polar surface area (TPSA) is 57.6 Å². The van der Waals surface area contributed by atoms with Crippen molar-refractivity contribution in [2.75, 3.05) is 0 Å². The Bertz CT molecular complexity index is 275. The first-order valence-corrected chi connectivity index (χ1v) is 4.73. The van der Waals surface area contributed by atoms with E-state index in [9.17, 15) is 9.59 Å². The Hall–Kier alpha value is -0.900. The Morgan fingerprint density at radius 3 is 2.08 bits per heavy atom. The molecular weight excluding hydrogens is 170 g/mol. The molecule has 3 rings (SSSR count). The molecule has 2 saturated carbocycles. The van der Waals surface area contributed by atoms with E-state index < -0.39 is 0 Å². The van der Waals surface area contributed by atoms with Gasteiger partial charge < -0.3 is 5.11 Å². The molecule has 1 aliphatic heterocycles. The Morgan fingerprint density at radius 2 is 1.62 bits per heavy atom. The maximum Gasteiger partial charge on any atom is 0.233 e. The van der Waals surface area contributed by atoms with E-state index in [1.54, 1.807) is 0 Å². The van der Waals surface area contributed by atoms with Gasteiger partial charge in [-0.15, -0.1) is 0 Å². The van der Waals surface area contributed by atoms with Crippen LogP contribution in [0.2, 0.25) is 0 Å². The Balaban J connectivity index is 1.78. The molecule has 3 aliphatic rings. The molecule has 0 aromatic carbocycles. The van der Waals surface area contributed by atoms with Gasteiger partial charge in [0, 0.05) is 6.04 Å². The Kier molecular flexibility index (Phi) is 1.22. The summed E-state index contributed by atoms with van der Waals surface area (Å²) < 4.78 is 0. The van der Waals surface area contributed by atoms with Crippen molar-refractivity contribution in [3.05, 3.63) is 0 Å². The second kappa shape index (κ2) is 2.12. The summed E-state index contributed by atoms with van der Waals surface area (Å²) in [5.74, 6) is 0.0225. The summed E-state index contributed by atoms with van der Waals surface area (Å²) in [6, 6.07) is 0.00259. The van der Waals surface area contributed by atoms with E-state index in [1.165, 1.54) is 4.90 Å². The van der Waals surface area contributed by atoms with E-state index in [4.69, 9.17) is 5.11 Å². The molecular formula is C9H11NO3. The molecule has 0 bridgehead atoms. The van der Waals surface area contributed by atoms with E-state index >= 15 is 0 Å². The first-order valence-electron chi connectivity index (χ1n) is 4.73. The number of imide groups is 1. The van der Waals surface area contributed by atoms with Gasteiger partial charge in [-0.25, -0.2) is 0 Å². The SMILES string of the molecule is O=C1C2CC2C(=O)N1C1CC(O)C1. The number of piperidine rings is 1. The lowest BCUT2D eigenvalue weighted by molar-refractivity contribution is -0.148. The molecule has 1 saturated heterocycles. The van der Waals surface area contributed by atoms with Gasteiger partial charge in [-0.05, 0) is 19.3 Å². The van der Waals surface area contributed by atoms with Crippen molar-refractivity contribution in [3.63, 3.8) is 0 Å². The van der Waals surface area contributed by atoms with Crippen molar-refractivity contribution in [2.45, 2.75) is 31.4 Å². The largest absolute Gasteiger partial charge is 0.393 e. The molecule has 1 heterocycles. The average Bonchev–Trinajstić information content (AvgIpc) is 2.75. The predicted molar refractivity (Wildman–Crippen MR) is 42.5 cm³/mol. The molecule has 2 amide bonds. The summed E-state index contributed by atoms with van der Waals surface area (Å²) in [5.41, 5.74) is 0. The van der Waals surface area contributed by atoms with Crippen LogP contribution in [-0.4, -0.2) is 34.0 Å². The first kappa shape index (κ1) is 7.50. The molecule has 0 radical (unpaired) electrons. The third-order valence-corrected chi connectivity index (χ3v) is 3.35. The molecule has 2 unspecified atom stereocenters. The van der Waals surface area contributed by atoms with Crippen LogP contribution in [0.5, 0.6) is 0 Å². The summed E-state index contributed by atoms with van der Waals surface area (Å²) in [6.07, 6.45) is 1.62. The maximum absolute atomic E-state index is 11.5. The number of hydrogen-bond acceptors (Lipinski definition) is 3. The zero-order chi connectivity index (χ0) is 9.16. The molecule has 2 aliphatic carbocycles. The number of hydrogen-bond donors (Lipinski definition) is 1. The number of fused-ring (bicyclic) bond motifs is 1.